The van der Waals surface area contributed by atoms with Crippen molar-refractivity contribution in [1.29, 1.82) is 0 Å². The first-order valence-electron chi connectivity index (χ1n) is 5.60. The molecule has 5 nitrogen and oxygen atoms in total. The maximum atomic E-state index is 11.3. The maximum absolute atomic E-state index is 11.3. The summed E-state index contributed by atoms with van der Waals surface area (Å²) in [6.45, 7) is 2.20. The van der Waals surface area contributed by atoms with Gasteiger partial charge in [-0.05, 0) is 24.3 Å². The van der Waals surface area contributed by atoms with E-state index in [1.165, 1.54) is 4.90 Å². The molecule has 0 spiro atoms. The number of amides is 1. The van der Waals surface area contributed by atoms with E-state index in [4.69, 9.17) is 5.11 Å². The summed E-state index contributed by atoms with van der Waals surface area (Å²) in [7, 11) is 0. The predicted octanol–water partition coefficient (Wildman–Crippen LogP) is 1.18. The number of carbonyl (C=O) groups excluding carboxylic acids is 1. The Labute approximate surface area is 113 Å². The molecular formula is C12H13BrN2O3. The van der Waals surface area contributed by atoms with Crippen LogP contribution in [0.25, 0.3) is 0 Å². The Morgan fingerprint density at radius 3 is 2.11 bits per heavy atom. The van der Waals surface area contributed by atoms with Gasteiger partial charge in [0.25, 0.3) is 0 Å². The van der Waals surface area contributed by atoms with Crippen LogP contribution < -0.4 is 4.90 Å². The standard InChI is InChI=1S/C12H13BrN2O3/c13-9-1-3-10(4-2-9)14-5-7-15(8-6-14)11(16)12(17)18/h1-4H,5-8H2,(H,17,18). The van der Waals surface area contributed by atoms with E-state index in [1.807, 2.05) is 24.3 Å². The molecule has 0 aliphatic carbocycles. The average Bonchev–Trinajstić information content (AvgIpc) is 2.39. The van der Waals surface area contributed by atoms with Crippen molar-refractivity contribution in [3.8, 4) is 0 Å². The summed E-state index contributed by atoms with van der Waals surface area (Å²) in [5, 5.41) is 8.64. The molecule has 1 aromatic carbocycles. The van der Waals surface area contributed by atoms with Gasteiger partial charge >= 0.3 is 11.9 Å². The minimum absolute atomic E-state index is 0.446. The Hall–Kier alpha value is -1.56. The second-order valence-electron chi connectivity index (χ2n) is 4.06. The van der Waals surface area contributed by atoms with E-state index in [0.29, 0.717) is 26.2 Å². The molecular weight excluding hydrogens is 300 g/mol. The summed E-state index contributed by atoms with van der Waals surface area (Å²) < 4.78 is 1.02. The molecule has 1 saturated heterocycles. The van der Waals surface area contributed by atoms with Gasteiger partial charge in [-0.2, -0.15) is 0 Å². The minimum atomic E-state index is -1.38. The second kappa shape index (κ2) is 5.39. The lowest BCUT2D eigenvalue weighted by Crippen LogP contribution is -2.50. The first kappa shape index (κ1) is 12.9. The summed E-state index contributed by atoms with van der Waals surface area (Å²) in [6.07, 6.45) is 0. The van der Waals surface area contributed by atoms with E-state index in [0.717, 1.165) is 10.2 Å². The lowest BCUT2D eigenvalue weighted by molar-refractivity contribution is -0.156. The van der Waals surface area contributed by atoms with Gasteiger partial charge in [0.15, 0.2) is 0 Å². The highest BCUT2D eigenvalue weighted by Gasteiger charge is 2.25. The Morgan fingerprint density at radius 2 is 1.61 bits per heavy atom. The fourth-order valence-corrected chi connectivity index (χ4v) is 2.22. The molecule has 1 fully saturated rings. The van der Waals surface area contributed by atoms with Crippen LogP contribution in [0, 0.1) is 0 Å². The van der Waals surface area contributed by atoms with Crippen molar-refractivity contribution >= 4 is 33.5 Å². The molecule has 1 amide bonds. The van der Waals surface area contributed by atoms with Gasteiger partial charge in [-0.1, -0.05) is 15.9 Å². The quantitative estimate of drug-likeness (QED) is 0.791. The van der Waals surface area contributed by atoms with Gasteiger partial charge in [-0.15, -0.1) is 0 Å². The summed E-state index contributed by atoms with van der Waals surface area (Å²) in [5.41, 5.74) is 1.08. The minimum Gasteiger partial charge on any atom is -0.474 e. The van der Waals surface area contributed by atoms with Crippen LogP contribution in [0.4, 0.5) is 5.69 Å². The van der Waals surface area contributed by atoms with Gasteiger partial charge in [-0.3, -0.25) is 4.79 Å². The molecule has 0 aromatic heterocycles. The molecule has 6 heteroatoms. The van der Waals surface area contributed by atoms with Crippen LogP contribution in [-0.2, 0) is 9.59 Å². The molecule has 1 aliphatic rings. The SMILES string of the molecule is O=C(O)C(=O)N1CCN(c2ccc(Br)cc2)CC1. The number of aliphatic carboxylic acids is 1. The van der Waals surface area contributed by atoms with Crippen molar-refractivity contribution in [1.82, 2.24) is 4.90 Å². The smallest absolute Gasteiger partial charge is 0.394 e. The van der Waals surface area contributed by atoms with Crippen molar-refractivity contribution < 1.29 is 14.7 Å². The number of halogens is 1. The van der Waals surface area contributed by atoms with Crippen LogP contribution in [0.3, 0.4) is 0 Å². The third-order valence-corrected chi connectivity index (χ3v) is 3.47. The van der Waals surface area contributed by atoms with Gasteiger partial charge in [0.1, 0.15) is 0 Å². The van der Waals surface area contributed by atoms with Crippen LogP contribution in [0.5, 0.6) is 0 Å². The van der Waals surface area contributed by atoms with Crippen LogP contribution in [0.1, 0.15) is 0 Å². The zero-order valence-corrected chi connectivity index (χ0v) is 11.3. The van der Waals surface area contributed by atoms with Gasteiger partial charge < -0.3 is 14.9 Å². The van der Waals surface area contributed by atoms with E-state index >= 15 is 0 Å². The number of carboxylic acid groups (broad SMARTS) is 1. The summed E-state index contributed by atoms with van der Waals surface area (Å²) >= 11 is 3.38. The van der Waals surface area contributed by atoms with Crippen LogP contribution in [0.15, 0.2) is 28.7 Å². The Morgan fingerprint density at radius 1 is 1.06 bits per heavy atom. The van der Waals surface area contributed by atoms with Gasteiger partial charge in [0.05, 0.1) is 0 Å². The van der Waals surface area contributed by atoms with E-state index < -0.39 is 11.9 Å². The van der Waals surface area contributed by atoms with E-state index in [1.54, 1.807) is 0 Å². The first-order chi connectivity index (χ1) is 8.58. The number of benzene rings is 1. The molecule has 0 unspecified atom stereocenters. The molecule has 0 atom stereocenters. The van der Waals surface area contributed by atoms with Crippen LogP contribution in [0.2, 0.25) is 0 Å². The maximum Gasteiger partial charge on any atom is 0.394 e. The summed E-state index contributed by atoms with van der Waals surface area (Å²) in [6, 6.07) is 7.92. The van der Waals surface area contributed by atoms with Gasteiger partial charge in [0.2, 0.25) is 0 Å². The number of piperazine rings is 1. The van der Waals surface area contributed by atoms with E-state index in [-0.39, 0.29) is 0 Å². The highest BCUT2D eigenvalue weighted by Crippen LogP contribution is 2.19. The molecule has 1 N–H and O–H groups in total. The third kappa shape index (κ3) is 2.81. The topological polar surface area (TPSA) is 60.9 Å². The van der Waals surface area contributed by atoms with Crippen molar-refractivity contribution in [3.05, 3.63) is 28.7 Å². The van der Waals surface area contributed by atoms with Crippen molar-refractivity contribution in [2.45, 2.75) is 0 Å². The van der Waals surface area contributed by atoms with Crippen molar-refractivity contribution in [2.24, 2.45) is 0 Å². The fourth-order valence-electron chi connectivity index (χ4n) is 1.95. The normalized spacial score (nSPS) is 15.6. The molecule has 0 bridgehead atoms. The predicted molar refractivity (Wildman–Crippen MR) is 70.6 cm³/mol. The van der Waals surface area contributed by atoms with Gasteiger partial charge in [0, 0.05) is 36.3 Å². The third-order valence-electron chi connectivity index (χ3n) is 2.94. The van der Waals surface area contributed by atoms with Crippen molar-refractivity contribution in [2.75, 3.05) is 31.1 Å². The Balaban J connectivity index is 1.96. The number of hydrogen-bond donors (Lipinski definition) is 1. The van der Waals surface area contributed by atoms with Crippen LogP contribution >= 0.6 is 15.9 Å². The molecule has 0 saturated carbocycles. The van der Waals surface area contributed by atoms with Crippen molar-refractivity contribution in [3.63, 3.8) is 0 Å². The number of rotatable bonds is 1. The van der Waals surface area contributed by atoms with Gasteiger partial charge in [-0.25, -0.2) is 4.79 Å². The number of carbonyl (C=O) groups is 2. The summed E-state index contributed by atoms with van der Waals surface area (Å²) in [5.74, 6) is -2.20. The fraction of sp³-hybridized carbons (Fsp3) is 0.333. The largest absolute Gasteiger partial charge is 0.474 e. The molecule has 1 aliphatic heterocycles. The molecule has 0 radical (unpaired) electrons. The number of anilines is 1. The average molecular weight is 313 g/mol. The lowest BCUT2D eigenvalue weighted by atomic mass is 10.2. The monoisotopic (exact) mass is 312 g/mol. The molecule has 18 heavy (non-hydrogen) atoms. The molecule has 1 aromatic rings. The Bertz CT molecular complexity index is 453. The number of nitrogens with zero attached hydrogens (tertiary/aromatic N) is 2. The number of carboxylic acids is 1. The number of hydrogen-bond acceptors (Lipinski definition) is 3. The van der Waals surface area contributed by atoms with E-state index in [2.05, 4.69) is 20.8 Å². The lowest BCUT2D eigenvalue weighted by Gasteiger charge is -2.35. The molecule has 96 valence electrons. The zero-order chi connectivity index (χ0) is 13.1. The van der Waals surface area contributed by atoms with Crippen LogP contribution in [-0.4, -0.2) is 48.1 Å². The van der Waals surface area contributed by atoms with E-state index in [9.17, 15) is 9.59 Å². The first-order valence-corrected chi connectivity index (χ1v) is 6.40. The summed E-state index contributed by atoms with van der Waals surface area (Å²) in [4.78, 5) is 25.4. The second-order valence-corrected chi connectivity index (χ2v) is 4.98. The highest BCUT2D eigenvalue weighted by molar-refractivity contribution is 9.10. The molecule has 2 rings (SSSR count). The Kier molecular flexibility index (Phi) is 3.86. The molecule has 1 heterocycles. The zero-order valence-electron chi connectivity index (χ0n) is 9.67. The highest BCUT2D eigenvalue weighted by atomic mass is 79.9.